The molecule has 0 bridgehead atoms. The first kappa shape index (κ1) is 12.3. The van der Waals surface area contributed by atoms with Gasteiger partial charge >= 0.3 is 0 Å². The summed E-state index contributed by atoms with van der Waals surface area (Å²) in [6.07, 6.45) is 3.71. The lowest BCUT2D eigenvalue weighted by Gasteiger charge is -2.39. The molecule has 2 saturated heterocycles. The molecule has 2 fully saturated rings. The molecule has 0 radical (unpaired) electrons. The Balaban J connectivity index is 1.84. The highest BCUT2D eigenvalue weighted by molar-refractivity contribution is 4.90. The predicted octanol–water partition coefficient (Wildman–Crippen LogP) is 1.63. The monoisotopic (exact) mass is 226 g/mol. The summed E-state index contributed by atoms with van der Waals surface area (Å²) in [4.78, 5) is 2.66. The Morgan fingerprint density at radius 2 is 2.19 bits per heavy atom. The molecule has 0 aliphatic carbocycles. The van der Waals surface area contributed by atoms with E-state index in [-0.39, 0.29) is 5.60 Å². The molecule has 1 N–H and O–H groups in total. The summed E-state index contributed by atoms with van der Waals surface area (Å²) < 4.78 is 5.79. The van der Waals surface area contributed by atoms with E-state index in [0.717, 1.165) is 25.2 Å². The third kappa shape index (κ3) is 2.96. The summed E-state index contributed by atoms with van der Waals surface area (Å²) in [5, 5.41) is 3.56. The van der Waals surface area contributed by atoms with E-state index >= 15 is 0 Å². The van der Waals surface area contributed by atoms with Crippen molar-refractivity contribution >= 4 is 0 Å². The van der Waals surface area contributed by atoms with Gasteiger partial charge in [0.1, 0.15) is 0 Å². The average Bonchev–Trinajstić information content (AvgIpc) is 2.65. The van der Waals surface area contributed by atoms with Crippen LogP contribution in [0, 0.1) is 0 Å². The van der Waals surface area contributed by atoms with Crippen molar-refractivity contribution in [2.24, 2.45) is 0 Å². The maximum atomic E-state index is 5.79. The Morgan fingerprint density at radius 3 is 2.88 bits per heavy atom. The molecule has 0 saturated carbocycles. The fourth-order valence-electron chi connectivity index (χ4n) is 3.09. The maximum absolute atomic E-state index is 5.79. The number of hydrogen-bond donors (Lipinski definition) is 1. The highest BCUT2D eigenvalue weighted by Gasteiger charge is 2.35. The van der Waals surface area contributed by atoms with Crippen LogP contribution in [0.5, 0.6) is 0 Å². The molecule has 0 aromatic rings. The quantitative estimate of drug-likeness (QED) is 0.791. The first-order chi connectivity index (χ1) is 7.61. The molecule has 2 rings (SSSR count). The Bertz CT molecular complexity index is 230. The average molecular weight is 226 g/mol. The topological polar surface area (TPSA) is 24.5 Å². The van der Waals surface area contributed by atoms with E-state index in [2.05, 4.69) is 31.0 Å². The van der Waals surface area contributed by atoms with Gasteiger partial charge in [-0.25, -0.2) is 0 Å². The maximum Gasteiger partial charge on any atom is 0.0641 e. The minimum absolute atomic E-state index is 0.0825. The van der Waals surface area contributed by atoms with Crippen molar-refractivity contribution in [2.45, 2.75) is 57.7 Å². The smallest absolute Gasteiger partial charge is 0.0641 e. The molecule has 2 aliphatic rings. The number of ether oxygens (including phenoxy) is 1. The predicted molar refractivity (Wildman–Crippen MR) is 66.7 cm³/mol. The van der Waals surface area contributed by atoms with Crippen LogP contribution in [0.1, 0.15) is 40.0 Å². The molecule has 2 heterocycles. The standard InChI is InChI=1S/C13H26N2O/c1-4-14-11-5-7-15(10-11)12-6-8-16-13(2,3)9-12/h11-12,14H,4-10H2,1-3H3. The molecule has 0 amide bonds. The van der Waals surface area contributed by atoms with Gasteiger partial charge in [0.15, 0.2) is 0 Å². The molecule has 16 heavy (non-hydrogen) atoms. The van der Waals surface area contributed by atoms with Crippen molar-refractivity contribution in [1.82, 2.24) is 10.2 Å². The third-order valence-corrected chi connectivity index (χ3v) is 3.90. The van der Waals surface area contributed by atoms with E-state index in [0.29, 0.717) is 0 Å². The fourth-order valence-corrected chi connectivity index (χ4v) is 3.09. The molecule has 3 nitrogen and oxygen atoms in total. The van der Waals surface area contributed by atoms with Gasteiger partial charge in [-0.3, -0.25) is 4.90 Å². The van der Waals surface area contributed by atoms with Crippen LogP contribution in [0.15, 0.2) is 0 Å². The van der Waals surface area contributed by atoms with Gasteiger partial charge in [-0.05, 0) is 39.7 Å². The van der Waals surface area contributed by atoms with Gasteiger partial charge in [0.2, 0.25) is 0 Å². The minimum atomic E-state index is 0.0825. The number of likely N-dealkylation sites (tertiary alicyclic amines) is 1. The highest BCUT2D eigenvalue weighted by Crippen LogP contribution is 2.29. The van der Waals surface area contributed by atoms with Gasteiger partial charge in [0.25, 0.3) is 0 Å². The number of rotatable bonds is 3. The van der Waals surface area contributed by atoms with Crippen LogP contribution in [-0.4, -0.2) is 48.8 Å². The highest BCUT2D eigenvalue weighted by atomic mass is 16.5. The Morgan fingerprint density at radius 1 is 1.38 bits per heavy atom. The molecule has 2 aliphatic heterocycles. The first-order valence-corrected chi connectivity index (χ1v) is 6.72. The largest absolute Gasteiger partial charge is 0.375 e. The number of nitrogens with zero attached hydrogens (tertiary/aromatic N) is 1. The SMILES string of the molecule is CCNC1CCN(C2CCOC(C)(C)C2)C1. The lowest BCUT2D eigenvalue weighted by molar-refractivity contribution is -0.0804. The van der Waals surface area contributed by atoms with Gasteiger partial charge in [-0.1, -0.05) is 6.92 Å². The lowest BCUT2D eigenvalue weighted by Crippen LogP contribution is -2.46. The number of likely N-dealkylation sites (N-methyl/N-ethyl adjacent to an activating group) is 1. The summed E-state index contributed by atoms with van der Waals surface area (Å²) >= 11 is 0. The van der Waals surface area contributed by atoms with E-state index in [1.165, 1.54) is 32.4 Å². The Labute approximate surface area is 99.5 Å². The van der Waals surface area contributed by atoms with Gasteiger partial charge in [-0.2, -0.15) is 0 Å². The Kier molecular flexibility index (Phi) is 3.88. The van der Waals surface area contributed by atoms with Crippen LogP contribution in [0.2, 0.25) is 0 Å². The Hall–Kier alpha value is -0.120. The van der Waals surface area contributed by atoms with Gasteiger partial charge in [0.05, 0.1) is 5.60 Å². The van der Waals surface area contributed by atoms with Crippen LogP contribution in [0.3, 0.4) is 0 Å². The van der Waals surface area contributed by atoms with E-state index in [1.54, 1.807) is 0 Å². The lowest BCUT2D eigenvalue weighted by atomic mass is 9.93. The second-order valence-corrected chi connectivity index (χ2v) is 5.79. The van der Waals surface area contributed by atoms with E-state index < -0.39 is 0 Å². The van der Waals surface area contributed by atoms with Crippen molar-refractivity contribution < 1.29 is 4.74 Å². The van der Waals surface area contributed by atoms with Gasteiger partial charge in [-0.15, -0.1) is 0 Å². The molecule has 0 aromatic carbocycles. The second-order valence-electron chi connectivity index (χ2n) is 5.79. The number of hydrogen-bond acceptors (Lipinski definition) is 3. The molecule has 2 atom stereocenters. The number of nitrogens with one attached hydrogen (secondary N) is 1. The minimum Gasteiger partial charge on any atom is -0.375 e. The molecular formula is C13H26N2O. The summed E-state index contributed by atoms with van der Waals surface area (Å²) in [6.45, 7) is 11.2. The normalized spacial score (nSPS) is 35.4. The van der Waals surface area contributed by atoms with Gasteiger partial charge < -0.3 is 10.1 Å². The third-order valence-electron chi connectivity index (χ3n) is 3.90. The van der Waals surface area contributed by atoms with Crippen molar-refractivity contribution in [3.05, 3.63) is 0 Å². The van der Waals surface area contributed by atoms with Gasteiger partial charge in [0, 0.05) is 31.8 Å². The summed E-state index contributed by atoms with van der Waals surface area (Å²) in [5.74, 6) is 0. The zero-order valence-corrected chi connectivity index (χ0v) is 11.0. The van der Waals surface area contributed by atoms with Crippen LogP contribution in [-0.2, 0) is 4.74 Å². The molecule has 0 aromatic heterocycles. The van der Waals surface area contributed by atoms with Crippen molar-refractivity contribution in [2.75, 3.05) is 26.2 Å². The van der Waals surface area contributed by atoms with Crippen LogP contribution in [0.4, 0.5) is 0 Å². The fraction of sp³-hybridized carbons (Fsp3) is 1.00. The molecule has 0 spiro atoms. The first-order valence-electron chi connectivity index (χ1n) is 6.72. The molecule has 2 unspecified atom stereocenters. The summed E-state index contributed by atoms with van der Waals surface area (Å²) in [7, 11) is 0. The van der Waals surface area contributed by atoms with Crippen LogP contribution in [0.25, 0.3) is 0 Å². The van der Waals surface area contributed by atoms with E-state index in [4.69, 9.17) is 4.74 Å². The zero-order chi connectivity index (χ0) is 11.6. The molecular weight excluding hydrogens is 200 g/mol. The molecule has 94 valence electrons. The van der Waals surface area contributed by atoms with E-state index in [9.17, 15) is 0 Å². The van der Waals surface area contributed by atoms with Crippen LogP contribution < -0.4 is 5.32 Å². The van der Waals surface area contributed by atoms with E-state index in [1.807, 2.05) is 0 Å². The van der Waals surface area contributed by atoms with Crippen LogP contribution >= 0.6 is 0 Å². The summed E-state index contributed by atoms with van der Waals surface area (Å²) in [6, 6.07) is 1.46. The van der Waals surface area contributed by atoms with Crippen molar-refractivity contribution in [3.8, 4) is 0 Å². The van der Waals surface area contributed by atoms with Crippen molar-refractivity contribution in [1.29, 1.82) is 0 Å². The molecule has 3 heteroatoms. The zero-order valence-electron chi connectivity index (χ0n) is 11.0. The van der Waals surface area contributed by atoms with Crippen molar-refractivity contribution in [3.63, 3.8) is 0 Å². The second kappa shape index (κ2) is 5.03. The summed E-state index contributed by atoms with van der Waals surface area (Å²) in [5.41, 5.74) is 0.0825.